The van der Waals surface area contributed by atoms with Crippen LogP contribution in [0, 0.1) is 11.3 Å². The van der Waals surface area contributed by atoms with Gasteiger partial charge in [0.05, 0.1) is 22.9 Å². The molecular weight excluding hydrogens is 414 g/mol. The van der Waals surface area contributed by atoms with E-state index in [1.807, 2.05) is 10.8 Å². The number of rotatable bonds is 5. The first-order valence-corrected chi connectivity index (χ1v) is 10.6. The number of nitrogens with zero attached hydrogens (tertiary/aromatic N) is 2. The fourth-order valence-electron chi connectivity index (χ4n) is 3.12. The Morgan fingerprint density at radius 2 is 1.97 bits per heavy atom. The zero-order chi connectivity index (χ0) is 21.2. The van der Waals surface area contributed by atoms with Crippen LogP contribution in [-0.2, 0) is 26.0 Å². The van der Waals surface area contributed by atoms with Crippen molar-refractivity contribution in [3.05, 3.63) is 64.7 Å². The van der Waals surface area contributed by atoms with Crippen LogP contribution in [0.15, 0.2) is 53.4 Å². The molecule has 2 aromatic carbocycles. The van der Waals surface area contributed by atoms with Gasteiger partial charge in [0.15, 0.2) is 0 Å². The normalized spacial score (nSPS) is 18.4. The van der Waals surface area contributed by atoms with E-state index in [2.05, 4.69) is 0 Å². The molecule has 29 heavy (non-hydrogen) atoms. The molecule has 7 nitrogen and oxygen atoms in total. The first-order valence-electron chi connectivity index (χ1n) is 8.79. The van der Waals surface area contributed by atoms with Gasteiger partial charge in [0.2, 0.25) is 5.91 Å². The maximum atomic E-state index is 12.7. The van der Waals surface area contributed by atoms with E-state index in [1.54, 1.807) is 24.3 Å². The highest BCUT2D eigenvalue weighted by Crippen LogP contribution is 2.32. The van der Waals surface area contributed by atoms with E-state index < -0.39 is 21.5 Å². The number of benzene rings is 2. The van der Waals surface area contributed by atoms with E-state index in [4.69, 9.17) is 16.9 Å². The summed E-state index contributed by atoms with van der Waals surface area (Å²) in [5, 5.41) is 9.39. The molecule has 1 heterocycles. The molecule has 2 amide bonds. The molecule has 3 rings (SSSR count). The molecule has 0 spiro atoms. The molecule has 9 heteroatoms. The van der Waals surface area contributed by atoms with Crippen molar-refractivity contribution in [2.24, 2.45) is 0 Å². The first kappa shape index (κ1) is 20.8. The first-order chi connectivity index (χ1) is 13.7. The lowest BCUT2D eigenvalue weighted by atomic mass is 9.85. The Morgan fingerprint density at radius 3 is 2.59 bits per heavy atom. The van der Waals surface area contributed by atoms with E-state index in [0.717, 1.165) is 0 Å². The fraction of sp³-hybridized carbons (Fsp3) is 0.250. The summed E-state index contributed by atoms with van der Waals surface area (Å²) < 4.78 is 27.1. The number of carbonyl (C=O) groups is 2. The van der Waals surface area contributed by atoms with Crippen LogP contribution in [0.5, 0.6) is 0 Å². The Kier molecular flexibility index (Phi) is 5.64. The number of hydrogen-bond acceptors (Lipinski definition) is 5. The number of amides is 2. The summed E-state index contributed by atoms with van der Waals surface area (Å²) in [6.07, 6.45) is 0.348. The van der Waals surface area contributed by atoms with Gasteiger partial charge in [-0.15, -0.1) is 0 Å². The second kappa shape index (κ2) is 7.85. The number of hydrogen-bond donors (Lipinski definition) is 1. The van der Waals surface area contributed by atoms with Crippen molar-refractivity contribution >= 4 is 33.4 Å². The smallest absolute Gasteiger partial charge is 0.264 e. The van der Waals surface area contributed by atoms with E-state index in [-0.39, 0.29) is 22.8 Å². The van der Waals surface area contributed by atoms with Crippen molar-refractivity contribution < 1.29 is 18.0 Å². The predicted molar refractivity (Wildman–Crippen MR) is 106 cm³/mol. The number of sulfonamides is 1. The summed E-state index contributed by atoms with van der Waals surface area (Å²) in [6.45, 7) is 1.87. The highest BCUT2D eigenvalue weighted by atomic mass is 35.5. The summed E-state index contributed by atoms with van der Waals surface area (Å²) in [5.41, 5.74) is -0.486. The number of nitrogens with one attached hydrogen (secondary N) is 1. The van der Waals surface area contributed by atoms with Crippen molar-refractivity contribution in [1.29, 1.82) is 5.26 Å². The summed E-state index contributed by atoms with van der Waals surface area (Å²) in [5.74, 6) is -1.11. The van der Waals surface area contributed by atoms with Gasteiger partial charge in [0.25, 0.3) is 15.9 Å². The molecular formula is C20H18ClN3O4S. The van der Waals surface area contributed by atoms with E-state index >= 15 is 0 Å². The molecule has 1 atom stereocenters. The maximum Gasteiger partial charge on any atom is 0.264 e. The summed E-state index contributed by atoms with van der Waals surface area (Å²) in [6, 6.07) is 14.1. The molecule has 0 radical (unpaired) electrons. The van der Waals surface area contributed by atoms with Gasteiger partial charge in [-0.25, -0.2) is 13.1 Å². The Bertz CT molecular complexity index is 1130. The zero-order valence-corrected chi connectivity index (χ0v) is 17.1. The van der Waals surface area contributed by atoms with Gasteiger partial charge >= 0.3 is 0 Å². The van der Waals surface area contributed by atoms with Crippen LogP contribution in [0.1, 0.15) is 24.5 Å². The summed E-state index contributed by atoms with van der Waals surface area (Å²) >= 11 is 6.10. The molecule has 0 bridgehead atoms. The quantitative estimate of drug-likeness (QED) is 0.781. The molecule has 1 N–H and O–H groups in total. The van der Waals surface area contributed by atoms with E-state index in [9.17, 15) is 18.0 Å². The van der Waals surface area contributed by atoms with Crippen LogP contribution in [0.2, 0.25) is 5.02 Å². The molecule has 0 aliphatic carbocycles. The monoisotopic (exact) mass is 431 g/mol. The maximum absolute atomic E-state index is 12.7. The number of nitriles is 1. The van der Waals surface area contributed by atoms with Gasteiger partial charge in [-0.05, 0) is 43.2 Å². The van der Waals surface area contributed by atoms with Crippen LogP contribution in [0.4, 0.5) is 0 Å². The minimum atomic E-state index is -4.18. The highest BCUT2D eigenvalue weighted by Gasteiger charge is 2.50. The van der Waals surface area contributed by atoms with Gasteiger partial charge in [-0.1, -0.05) is 35.9 Å². The highest BCUT2D eigenvalue weighted by molar-refractivity contribution is 7.90. The largest absolute Gasteiger partial charge is 0.328 e. The molecule has 150 valence electrons. The Labute approximate surface area is 173 Å². The number of likely N-dealkylation sites (tertiary alicyclic amines) is 1. The standard InChI is InChI=1S/C20H18ClN3O4S/c1-20(9-10-24(20)18(25)12-15-6-2-3-8-17(15)21)19(26)23-29(27,28)16-7-4-5-14(11-16)13-22/h2-8,11H,9-10,12H2,1H3,(H,23,26). The SMILES string of the molecule is CC1(C(=O)NS(=O)(=O)c2cccc(C#N)c2)CCN1C(=O)Cc1ccccc1Cl. The molecule has 1 aliphatic heterocycles. The lowest BCUT2D eigenvalue weighted by Crippen LogP contribution is -2.68. The Hall–Kier alpha value is -2.89. The van der Waals surface area contributed by atoms with Crippen LogP contribution in [-0.4, -0.2) is 37.2 Å². The molecule has 0 aromatic heterocycles. The molecule has 1 saturated heterocycles. The van der Waals surface area contributed by atoms with Crippen LogP contribution >= 0.6 is 11.6 Å². The van der Waals surface area contributed by atoms with Crippen LogP contribution in [0.3, 0.4) is 0 Å². The topological polar surface area (TPSA) is 107 Å². The molecule has 1 aliphatic rings. The van der Waals surface area contributed by atoms with Crippen molar-refractivity contribution in [2.75, 3.05) is 6.54 Å². The third kappa shape index (κ3) is 4.11. The minimum Gasteiger partial charge on any atom is -0.328 e. The average molecular weight is 432 g/mol. The second-order valence-electron chi connectivity index (χ2n) is 6.91. The predicted octanol–water partition coefficient (Wildman–Crippen LogP) is 2.25. The zero-order valence-electron chi connectivity index (χ0n) is 15.6. The molecule has 1 fully saturated rings. The lowest BCUT2D eigenvalue weighted by Gasteiger charge is -2.49. The van der Waals surface area contributed by atoms with Gasteiger partial charge < -0.3 is 4.90 Å². The molecule has 2 aromatic rings. The minimum absolute atomic E-state index is 0.0134. The molecule has 1 unspecified atom stereocenters. The lowest BCUT2D eigenvalue weighted by molar-refractivity contribution is -0.156. The Morgan fingerprint density at radius 1 is 1.24 bits per heavy atom. The number of carbonyl (C=O) groups excluding carboxylic acids is 2. The second-order valence-corrected chi connectivity index (χ2v) is 9.00. The number of halogens is 1. The van der Waals surface area contributed by atoms with Crippen molar-refractivity contribution in [3.63, 3.8) is 0 Å². The third-order valence-corrected chi connectivity index (χ3v) is 6.71. The average Bonchev–Trinajstić information content (AvgIpc) is 2.68. The fourth-order valence-corrected chi connectivity index (χ4v) is 4.44. The van der Waals surface area contributed by atoms with Gasteiger partial charge in [-0.2, -0.15) is 5.26 Å². The van der Waals surface area contributed by atoms with Crippen LogP contribution in [0.25, 0.3) is 0 Å². The van der Waals surface area contributed by atoms with E-state index in [1.165, 1.54) is 36.1 Å². The van der Waals surface area contributed by atoms with Crippen LogP contribution < -0.4 is 4.72 Å². The van der Waals surface area contributed by atoms with Gasteiger partial charge in [0, 0.05) is 11.6 Å². The van der Waals surface area contributed by atoms with E-state index in [0.29, 0.717) is 23.6 Å². The summed E-state index contributed by atoms with van der Waals surface area (Å²) in [7, 11) is -4.18. The Balaban J connectivity index is 1.75. The van der Waals surface area contributed by atoms with Crippen molar-refractivity contribution in [3.8, 4) is 6.07 Å². The van der Waals surface area contributed by atoms with Crippen molar-refractivity contribution in [2.45, 2.75) is 30.2 Å². The molecule has 0 saturated carbocycles. The third-order valence-electron chi connectivity index (χ3n) is 5.01. The summed E-state index contributed by atoms with van der Waals surface area (Å²) in [4.78, 5) is 26.6. The van der Waals surface area contributed by atoms with Crippen molar-refractivity contribution in [1.82, 2.24) is 9.62 Å². The van der Waals surface area contributed by atoms with Gasteiger partial charge in [0.1, 0.15) is 5.54 Å². The van der Waals surface area contributed by atoms with Gasteiger partial charge in [-0.3, -0.25) is 9.59 Å².